The maximum atomic E-state index is 13.0. The Balaban J connectivity index is 1.55. The number of Topliss-reactive ketones (excluding diaryl/α,β-unsaturated/α-hetero) is 1. The van der Waals surface area contributed by atoms with Crippen molar-refractivity contribution >= 4 is 11.8 Å². The van der Waals surface area contributed by atoms with Gasteiger partial charge in [-0.1, -0.05) is 78.9 Å². The van der Waals surface area contributed by atoms with Crippen molar-refractivity contribution in [1.29, 1.82) is 0 Å². The van der Waals surface area contributed by atoms with Crippen molar-refractivity contribution in [2.24, 2.45) is 0 Å². The Hall–Kier alpha value is -4.26. The molecule has 31 heavy (non-hydrogen) atoms. The average molecular weight is 414 g/mol. The lowest BCUT2D eigenvalue weighted by molar-refractivity contribution is -0.148. The van der Waals surface area contributed by atoms with Crippen molar-refractivity contribution in [3.05, 3.63) is 113 Å². The van der Waals surface area contributed by atoms with Gasteiger partial charge in [0.25, 0.3) is 0 Å². The van der Waals surface area contributed by atoms with Crippen LogP contribution in [0.5, 0.6) is 0 Å². The van der Waals surface area contributed by atoms with Gasteiger partial charge in [0, 0.05) is 16.7 Å². The van der Waals surface area contributed by atoms with E-state index in [-0.39, 0.29) is 11.7 Å². The molecule has 3 aromatic carbocycles. The molecule has 154 valence electrons. The van der Waals surface area contributed by atoms with Crippen LogP contribution in [0.1, 0.15) is 22.0 Å². The lowest BCUT2D eigenvalue weighted by Crippen LogP contribution is -2.26. The van der Waals surface area contributed by atoms with Crippen LogP contribution >= 0.6 is 0 Å². The molecule has 7 nitrogen and oxygen atoms in total. The molecule has 0 saturated heterocycles. The molecule has 0 N–H and O–H groups in total. The van der Waals surface area contributed by atoms with Crippen molar-refractivity contribution in [2.75, 3.05) is 0 Å². The summed E-state index contributed by atoms with van der Waals surface area (Å²) in [7, 11) is 0. The third-order valence-electron chi connectivity index (χ3n) is 4.55. The van der Waals surface area contributed by atoms with Gasteiger partial charge in [-0.3, -0.25) is 9.59 Å². The summed E-state index contributed by atoms with van der Waals surface area (Å²) >= 11 is 0. The van der Waals surface area contributed by atoms with Gasteiger partial charge in [-0.2, -0.15) is 4.68 Å². The van der Waals surface area contributed by atoms with Gasteiger partial charge in [-0.15, -0.1) is 5.10 Å². The highest BCUT2D eigenvalue weighted by Gasteiger charge is 2.27. The predicted octanol–water partition coefficient (Wildman–Crippen LogP) is 3.67. The number of hydrogen-bond donors (Lipinski definition) is 0. The van der Waals surface area contributed by atoms with Crippen LogP contribution in [0.2, 0.25) is 0 Å². The van der Waals surface area contributed by atoms with Gasteiger partial charge < -0.3 is 9.15 Å². The summed E-state index contributed by atoms with van der Waals surface area (Å²) < 4.78 is 11.5. The maximum absolute atomic E-state index is 13.0. The molecular weight excluding hydrogens is 396 g/mol. The fourth-order valence-electron chi connectivity index (χ4n) is 3.05. The zero-order chi connectivity index (χ0) is 21.6. The molecule has 4 rings (SSSR count). The monoisotopic (exact) mass is 414 g/mol. The van der Waals surface area contributed by atoms with Gasteiger partial charge in [0.2, 0.25) is 11.7 Å². The number of aromatic nitrogens is 2. The van der Waals surface area contributed by atoms with Crippen molar-refractivity contribution in [2.45, 2.75) is 12.6 Å². The third-order valence-corrected chi connectivity index (χ3v) is 4.55. The largest absolute Gasteiger partial charge is 0.448 e. The second kappa shape index (κ2) is 9.04. The summed E-state index contributed by atoms with van der Waals surface area (Å²) in [4.78, 5) is 37.7. The molecule has 0 spiro atoms. The van der Waals surface area contributed by atoms with E-state index in [1.165, 1.54) is 0 Å². The van der Waals surface area contributed by atoms with Crippen molar-refractivity contribution in [3.63, 3.8) is 0 Å². The van der Waals surface area contributed by atoms with Gasteiger partial charge in [-0.25, -0.2) is 4.79 Å². The Morgan fingerprint density at radius 2 is 1.45 bits per heavy atom. The quantitative estimate of drug-likeness (QED) is 0.338. The molecule has 0 saturated carbocycles. The van der Waals surface area contributed by atoms with E-state index in [0.717, 1.165) is 4.68 Å². The van der Waals surface area contributed by atoms with Crippen LogP contribution in [0.3, 0.4) is 0 Å². The number of nitrogens with zero attached hydrogens (tertiary/aromatic N) is 2. The fourth-order valence-corrected chi connectivity index (χ4v) is 3.05. The molecule has 0 aliphatic rings. The van der Waals surface area contributed by atoms with Gasteiger partial charge >= 0.3 is 11.7 Å². The van der Waals surface area contributed by atoms with Crippen molar-refractivity contribution in [1.82, 2.24) is 9.78 Å². The minimum atomic E-state index is -1.15. The smallest absolute Gasteiger partial charge is 0.437 e. The molecule has 1 heterocycles. The Labute approximate surface area is 177 Å². The standard InChI is InChI=1S/C24H18N2O5/c27-20(16-26-24(29)31-23(25-26)19-14-8-3-9-15-19)30-22(18-12-6-2-7-13-18)21(28)17-10-4-1-5-11-17/h1-15,22H,16H2/t22-/m1/s1. The first-order chi connectivity index (χ1) is 15.1. The molecule has 0 unspecified atom stereocenters. The normalized spacial score (nSPS) is 11.6. The van der Waals surface area contributed by atoms with Crippen LogP contribution in [-0.2, 0) is 16.1 Å². The molecule has 0 fully saturated rings. The first-order valence-electron chi connectivity index (χ1n) is 9.59. The molecule has 0 aliphatic carbocycles. The van der Waals surface area contributed by atoms with E-state index in [9.17, 15) is 14.4 Å². The molecule has 1 atom stereocenters. The molecule has 7 heteroatoms. The number of benzene rings is 3. The predicted molar refractivity (Wildman–Crippen MR) is 112 cm³/mol. The number of ketones is 1. The van der Waals surface area contributed by atoms with E-state index < -0.39 is 24.4 Å². The number of esters is 1. The number of hydrogen-bond acceptors (Lipinski definition) is 6. The topological polar surface area (TPSA) is 91.4 Å². The fraction of sp³-hybridized carbons (Fsp3) is 0.0833. The summed E-state index contributed by atoms with van der Waals surface area (Å²) in [6.45, 7) is -0.486. The average Bonchev–Trinajstić information content (AvgIpc) is 3.19. The summed E-state index contributed by atoms with van der Waals surface area (Å²) in [6.07, 6.45) is -1.15. The zero-order valence-corrected chi connectivity index (χ0v) is 16.4. The van der Waals surface area contributed by atoms with E-state index in [0.29, 0.717) is 16.7 Å². The second-order valence-corrected chi connectivity index (χ2v) is 6.71. The molecular formula is C24H18N2O5. The minimum absolute atomic E-state index is 0.0957. The van der Waals surface area contributed by atoms with Crippen LogP contribution in [0.15, 0.2) is 100 Å². The Bertz CT molecular complexity index is 1230. The van der Waals surface area contributed by atoms with Crippen molar-refractivity contribution < 1.29 is 18.7 Å². The zero-order valence-electron chi connectivity index (χ0n) is 16.4. The number of carbonyl (C=O) groups excluding carboxylic acids is 2. The van der Waals surface area contributed by atoms with Gasteiger partial charge in [-0.05, 0) is 12.1 Å². The van der Waals surface area contributed by atoms with E-state index in [2.05, 4.69) is 5.10 Å². The van der Waals surface area contributed by atoms with Crippen LogP contribution in [-0.4, -0.2) is 21.5 Å². The molecule has 0 bridgehead atoms. The van der Waals surface area contributed by atoms with Crippen LogP contribution in [0.25, 0.3) is 11.5 Å². The molecule has 4 aromatic rings. The summed E-state index contributed by atoms with van der Waals surface area (Å²) in [5, 5.41) is 4.05. The van der Waals surface area contributed by atoms with E-state index >= 15 is 0 Å². The maximum Gasteiger partial charge on any atom is 0.437 e. The van der Waals surface area contributed by atoms with Crippen LogP contribution < -0.4 is 5.76 Å². The van der Waals surface area contributed by atoms with Crippen molar-refractivity contribution in [3.8, 4) is 11.5 Å². The van der Waals surface area contributed by atoms with Crippen LogP contribution in [0.4, 0.5) is 0 Å². The van der Waals surface area contributed by atoms with E-state index in [1.807, 2.05) is 6.07 Å². The molecule has 0 radical (unpaired) electrons. The van der Waals surface area contributed by atoms with Gasteiger partial charge in [0.15, 0.2) is 6.10 Å². The molecule has 0 aliphatic heterocycles. The number of rotatable bonds is 7. The Kier molecular flexibility index (Phi) is 5.84. The third kappa shape index (κ3) is 4.67. The highest BCUT2D eigenvalue weighted by molar-refractivity contribution is 6.00. The lowest BCUT2D eigenvalue weighted by atomic mass is 10.00. The first-order valence-corrected chi connectivity index (χ1v) is 9.59. The van der Waals surface area contributed by atoms with Gasteiger partial charge in [0.05, 0.1) is 0 Å². The summed E-state index contributed by atoms with van der Waals surface area (Å²) in [5.74, 6) is -1.84. The highest BCUT2D eigenvalue weighted by atomic mass is 16.5. The van der Waals surface area contributed by atoms with E-state index in [4.69, 9.17) is 9.15 Å². The lowest BCUT2D eigenvalue weighted by Gasteiger charge is -2.17. The minimum Gasteiger partial charge on any atom is -0.448 e. The highest BCUT2D eigenvalue weighted by Crippen LogP contribution is 2.23. The summed E-state index contributed by atoms with van der Waals surface area (Å²) in [5.41, 5.74) is 1.55. The number of carbonyl (C=O) groups is 2. The summed E-state index contributed by atoms with van der Waals surface area (Å²) in [6, 6.07) is 26.1. The SMILES string of the molecule is O=C(Cn1nc(-c2ccccc2)oc1=O)O[C@@H](C(=O)c1ccccc1)c1ccccc1. The molecule has 0 amide bonds. The second-order valence-electron chi connectivity index (χ2n) is 6.71. The number of ether oxygens (including phenoxy) is 1. The molecule has 1 aromatic heterocycles. The van der Waals surface area contributed by atoms with Gasteiger partial charge in [0.1, 0.15) is 6.54 Å². The Morgan fingerprint density at radius 1 is 0.871 bits per heavy atom. The Morgan fingerprint density at radius 3 is 2.10 bits per heavy atom. The van der Waals surface area contributed by atoms with E-state index in [1.54, 1.807) is 84.9 Å². The van der Waals surface area contributed by atoms with Crippen LogP contribution in [0, 0.1) is 0 Å². The first kappa shape index (κ1) is 20.0.